The normalized spacial score (nSPS) is 12.5. The summed E-state index contributed by atoms with van der Waals surface area (Å²) in [5.74, 6) is -1.53. The van der Waals surface area contributed by atoms with Gasteiger partial charge in [-0.15, -0.1) is 0 Å². The van der Waals surface area contributed by atoms with Crippen molar-refractivity contribution < 1.29 is 14.7 Å². The van der Waals surface area contributed by atoms with E-state index in [9.17, 15) is 9.59 Å². The van der Waals surface area contributed by atoms with E-state index in [4.69, 9.17) is 5.11 Å². The van der Waals surface area contributed by atoms with Crippen molar-refractivity contribution in [2.24, 2.45) is 5.92 Å². The summed E-state index contributed by atoms with van der Waals surface area (Å²) in [4.78, 5) is 25.5. The quantitative estimate of drug-likeness (QED) is 0.717. The molecule has 0 aromatic carbocycles. The van der Waals surface area contributed by atoms with E-state index in [1.807, 2.05) is 0 Å². The third-order valence-corrected chi connectivity index (χ3v) is 2.42. The summed E-state index contributed by atoms with van der Waals surface area (Å²) in [6, 6.07) is 0.769. The molecule has 1 aromatic heterocycles. The molecule has 0 aliphatic carbocycles. The van der Waals surface area contributed by atoms with Gasteiger partial charge >= 0.3 is 5.97 Å². The van der Waals surface area contributed by atoms with Gasteiger partial charge in [-0.05, 0) is 18.9 Å². The summed E-state index contributed by atoms with van der Waals surface area (Å²) < 4.78 is 0. The predicted octanol–water partition coefficient (Wildman–Crippen LogP) is 1.16. The van der Waals surface area contributed by atoms with Gasteiger partial charge in [0.1, 0.15) is 6.04 Å². The van der Waals surface area contributed by atoms with E-state index < -0.39 is 12.0 Å². The molecule has 0 saturated heterocycles. The standard InChI is InChI=1S/C11H16N2O3/c1-6(2)9(11(15)16)13-10(14)8-4-5-12-7(8)3/h4-6,9,12H,1-3H3,(H,13,14)(H,15,16)/t9-/m0/s1. The Morgan fingerprint density at radius 2 is 2.06 bits per heavy atom. The number of carboxylic acid groups (broad SMARTS) is 1. The largest absolute Gasteiger partial charge is 0.480 e. The van der Waals surface area contributed by atoms with Crippen molar-refractivity contribution in [3.63, 3.8) is 0 Å². The van der Waals surface area contributed by atoms with Crippen LogP contribution in [0.25, 0.3) is 0 Å². The molecule has 0 aliphatic heterocycles. The number of nitrogens with one attached hydrogen (secondary N) is 2. The van der Waals surface area contributed by atoms with Crippen LogP contribution in [-0.4, -0.2) is 28.0 Å². The molecule has 0 bridgehead atoms. The van der Waals surface area contributed by atoms with Crippen LogP contribution in [-0.2, 0) is 4.79 Å². The van der Waals surface area contributed by atoms with Gasteiger partial charge in [0, 0.05) is 11.9 Å². The van der Waals surface area contributed by atoms with Crippen LogP contribution in [0.5, 0.6) is 0 Å². The highest BCUT2D eigenvalue weighted by Crippen LogP contribution is 2.07. The lowest BCUT2D eigenvalue weighted by Crippen LogP contribution is -2.44. The van der Waals surface area contributed by atoms with Crippen LogP contribution in [0, 0.1) is 12.8 Å². The summed E-state index contributed by atoms with van der Waals surface area (Å²) in [6.45, 7) is 5.27. The average molecular weight is 224 g/mol. The van der Waals surface area contributed by atoms with E-state index in [0.29, 0.717) is 5.56 Å². The minimum atomic E-state index is -1.02. The van der Waals surface area contributed by atoms with E-state index in [-0.39, 0.29) is 11.8 Å². The summed E-state index contributed by atoms with van der Waals surface area (Å²) >= 11 is 0. The smallest absolute Gasteiger partial charge is 0.326 e. The Hall–Kier alpha value is -1.78. The van der Waals surface area contributed by atoms with Crippen molar-refractivity contribution in [2.45, 2.75) is 26.8 Å². The number of aromatic nitrogens is 1. The molecular formula is C11H16N2O3. The maximum atomic E-state index is 11.8. The summed E-state index contributed by atoms with van der Waals surface area (Å²) in [7, 11) is 0. The van der Waals surface area contributed by atoms with Gasteiger partial charge in [-0.25, -0.2) is 4.79 Å². The summed E-state index contributed by atoms with van der Waals surface area (Å²) in [5, 5.41) is 11.4. The molecule has 88 valence electrons. The Bertz CT molecular complexity index is 396. The zero-order valence-corrected chi connectivity index (χ0v) is 9.57. The number of aromatic amines is 1. The zero-order valence-electron chi connectivity index (χ0n) is 9.57. The number of H-pyrrole nitrogens is 1. The van der Waals surface area contributed by atoms with Crippen molar-refractivity contribution in [3.8, 4) is 0 Å². The van der Waals surface area contributed by atoms with Crippen LogP contribution >= 0.6 is 0 Å². The molecule has 1 aromatic rings. The maximum absolute atomic E-state index is 11.8. The number of hydrogen-bond acceptors (Lipinski definition) is 2. The molecule has 1 heterocycles. The first-order chi connectivity index (χ1) is 7.43. The maximum Gasteiger partial charge on any atom is 0.326 e. The Morgan fingerprint density at radius 3 is 2.44 bits per heavy atom. The molecule has 1 atom stereocenters. The fraction of sp³-hybridized carbons (Fsp3) is 0.455. The van der Waals surface area contributed by atoms with E-state index in [1.165, 1.54) is 0 Å². The molecule has 0 radical (unpaired) electrons. The van der Waals surface area contributed by atoms with Gasteiger partial charge in [0.2, 0.25) is 0 Å². The van der Waals surface area contributed by atoms with Crippen molar-refractivity contribution in [3.05, 3.63) is 23.5 Å². The molecule has 16 heavy (non-hydrogen) atoms. The van der Waals surface area contributed by atoms with Gasteiger partial charge in [0.25, 0.3) is 5.91 Å². The number of carboxylic acids is 1. The Labute approximate surface area is 93.9 Å². The molecule has 5 nitrogen and oxygen atoms in total. The summed E-state index contributed by atoms with van der Waals surface area (Å²) in [5.41, 5.74) is 1.21. The predicted molar refractivity (Wildman–Crippen MR) is 59.3 cm³/mol. The first kappa shape index (κ1) is 12.3. The minimum Gasteiger partial charge on any atom is -0.480 e. The third-order valence-electron chi connectivity index (χ3n) is 2.42. The molecule has 3 N–H and O–H groups in total. The van der Waals surface area contributed by atoms with E-state index in [2.05, 4.69) is 10.3 Å². The lowest BCUT2D eigenvalue weighted by atomic mass is 10.0. The second-order valence-electron chi connectivity index (χ2n) is 4.05. The van der Waals surface area contributed by atoms with Crippen LogP contribution in [0.3, 0.4) is 0 Å². The average Bonchev–Trinajstić information content (AvgIpc) is 2.59. The molecule has 0 spiro atoms. The molecule has 0 fully saturated rings. The van der Waals surface area contributed by atoms with Crippen LogP contribution < -0.4 is 5.32 Å². The molecule has 0 aliphatic rings. The lowest BCUT2D eigenvalue weighted by Gasteiger charge is -2.17. The number of carbonyl (C=O) groups is 2. The third kappa shape index (κ3) is 2.62. The lowest BCUT2D eigenvalue weighted by molar-refractivity contribution is -0.140. The first-order valence-corrected chi connectivity index (χ1v) is 5.11. The van der Waals surface area contributed by atoms with E-state index in [0.717, 1.165) is 5.69 Å². The fourth-order valence-corrected chi connectivity index (χ4v) is 1.43. The van der Waals surface area contributed by atoms with Crippen LogP contribution in [0.4, 0.5) is 0 Å². The Balaban J connectivity index is 2.77. The zero-order chi connectivity index (χ0) is 12.3. The second-order valence-corrected chi connectivity index (χ2v) is 4.05. The highest BCUT2D eigenvalue weighted by molar-refractivity contribution is 5.97. The van der Waals surface area contributed by atoms with E-state index >= 15 is 0 Å². The van der Waals surface area contributed by atoms with Crippen molar-refractivity contribution in [2.75, 3.05) is 0 Å². The van der Waals surface area contributed by atoms with Gasteiger partial charge in [-0.2, -0.15) is 0 Å². The summed E-state index contributed by atoms with van der Waals surface area (Å²) in [6.07, 6.45) is 1.65. The van der Waals surface area contributed by atoms with Gasteiger partial charge in [0.15, 0.2) is 0 Å². The second kappa shape index (κ2) is 4.83. The van der Waals surface area contributed by atoms with Crippen LogP contribution in [0.15, 0.2) is 12.3 Å². The van der Waals surface area contributed by atoms with Crippen molar-refractivity contribution in [1.29, 1.82) is 0 Å². The number of rotatable bonds is 4. The van der Waals surface area contributed by atoms with E-state index in [1.54, 1.807) is 33.0 Å². The highest BCUT2D eigenvalue weighted by atomic mass is 16.4. The Kier molecular flexibility index (Phi) is 3.71. The topological polar surface area (TPSA) is 82.2 Å². The molecular weight excluding hydrogens is 208 g/mol. The SMILES string of the molecule is Cc1[nH]ccc1C(=O)N[C@H](C(=O)O)C(C)C. The number of carbonyl (C=O) groups excluding carboxylic acids is 1. The number of aliphatic carboxylic acids is 1. The molecule has 0 unspecified atom stereocenters. The molecule has 5 heteroatoms. The number of aryl methyl sites for hydroxylation is 1. The number of hydrogen-bond donors (Lipinski definition) is 3. The van der Waals surface area contributed by atoms with Crippen LogP contribution in [0.2, 0.25) is 0 Å². The molecule has 1 amide bonds. The highest BCUT2D eigenvalue weighted by Gasteiger charge is 2.24. The van der Waals surface area contributed by atoms with Gasteiger partial charge < -0.3 is 15.4 Å². The van der Waals surface area contributed by atoms with Crippen LogP contribution in [0.1, 0.15) is 29.9 Å². The fourth-order valence-electron chi connectivity index (χ4n) is 1.43. The van der Waals surface area contributed by atoms with Gasteiger partial charge in [0.05, 0.1) is 5.56 Å². The number of amides is 1. The van der Waals surface area contributed by atoms with Crippen molar-refractivity contribution in [1.82, 2.24) is 10.3 Å². The monoisotopic (exact) mass is 224 g/mol. The molecule has 0 saturated carbocycles. The first-order valence-electron chi connectivity index (χ1n) is 5.11. The van der Waals surface area contributed by atoms with Crippen molar-refractivity contribution >= 4 is 11.9 Å². The van der Waals surface area contributed by atoms with Gasteiger partial charge in [-0.1, -0.05) is 13.8 Å². The molecule has 1 rings (SSSR count). The van der Waals surface area contributed by atoms with Gasteiger partial charge in [-0.3, -0.25) is 4.79 Å². The Morgan fingerprint density at radius 1 is 1.44 bits per heavy atom. The minimum absolute atomic E-state index is 0.152.